The van der Waals surface area contributed by atoms with Crippen LogP contribution in [-0.4, -0.2) is 15.4 Å². The fraction of sp³-hybridized carbons (Fsp3) is 0.133. The normalized spacial score (nSPS) is 11.2. The van der Waals surface area contributed by atoms with E-state index in [9.17, 15) is 4.39 Å². The largest absolute Gasteiger partial charge is 0.296 e. The molecule has 0 amide bonds. The van der Waals surface area contributed by atoms with Gasteiger partial charge in [-0.3, -0.25) is 4.57 Å². The van der Waals surface area contributed by atoms with Crippen LogP contribution in [0.1, 0.15) is 5.82 Å². The average Bonchev–Trinajstić information content (AvgIpc) is 2.78. The van der Waals surface area contributed by atoms with E-state index >= 15 is 0 Å². The molecule has 0 aliphatic rings. The second-order valence-electron chi connectivity index (χ2n) is 4.53. The van der Waals surface area contributed by atoms with E-state index in [4.69, 9.17) is 23.2 Å². The maximum absolute atomic E-state index is 13.8. The van der Waals surface area contributed by atoms with Crippen LogP contribution in [0.2, 0.25) is 5.02 Å². The van der Waals surface area contributed by atoms with Gasteiger partial charge in [0.25, 0.3) is 0 Å². The fourth-order valence-corrected chi connectivity index (χ4v) is 2.94. The first kappa shape index (κ1) is 15.1. The minimum absolute atomic E-state index is 0.0761. The van der Waals surface area contributed by atoms with Gasteiger partial charge in [-0.2, -0.15) is 0 Å². The zero-order valence-corrected chi connectivity index (χ0v) is 14.5. The Bertz CT molecular complexity index is 800. The van der Waals surface area contributed by atoms with Crippen molar-refractivity contribution in [1.29, 1.82) is 0 Å². The molecule has 0 N–H and O–H groups in total. The van der Waals surface area contributed by atoms with Crippen molar-refractivity contribution in [1.82, 2.24) is 9.55 Å². The van der Waals surface area contributed by atoms with Crippen LogP contribution in [0.3, 0.4) is 0 Å². The zero-order chi connectivity index (χ0) is 15.0. The molecule has 0 spiro atoms. The molecule has 2 nitrogen and oxygen atoms in total. The van der Waals surface area contributed by atoms with E-state index in [1.807, 2.05) is 28.8 Å². The topological polar surface area (TPSA) is 17.8 Å². The Hall–Kier alpha value is -0.850. The van der Waals surface area contributed by atoms with Crippen LogP contribution >= 0.6 is 45.8 Å². The third kappa shape index (κ3) is 2.89. The van der Waals surface area contributed by atoms with Crippen LogP contribution in [0.4, 0.5) is 4.39 Å². The van der Waals surface area contributed by atoms with Gasteiger partial charge in [-0.15, -0.1) is 11.6 Å². The Morgan fingerprint density at radius 2 is 1.90 bits per heavy atom. The predicted octanol–water partition coefficient (Wildman–Crippen LogP) is 5.20. The summed E-state index contributed by atoms with van der Waals surface area (Å²) in [5, 5.41) is 0.0761. The van der Waals surface area contributed by atoms with E-state index in [1.165, 1.54) is 6.07 Å². The summed E-state index contributed by atoms with van der Waals surface area (Å²) in [7, 11) is 0. The summed E-state index contributed by atoms with van der Waals surface area (Å²) >= 11 is 13.9. The third-order valence-corrected chi connectivity index (χ3v) is 4.37. The Morgan fingerprint density at radius 3 is 2.57 bits per heavy atom. The van der Waals surface area contributed by atoms with E-state index in [0.717, 1.165) is 15.1 Å². The summed E-state index contributed by atoms with van der Waals surface area (Å²) in [4.78, 5) is 4.53. The molecule has 0 aliphatic heterocycles. The van der Waals surface area contributed by atoms with Gasteiger partial charge in [0.1, 0.15) is 11.6 Å². The molecule has 0 fully saturated rings. The molecule has 3 aromatic rings. The minimum atomic E-state index is -0.451. The fourth-order valence-electron chi connectivity index (χ4n) is 2.25. The summed E-state index contributed by atoms with van der Waals surface area (Å²) in [5.74, 6) is 0.792. The molecule has 1 heterocycles. The van der Waals surface area contributed by atoms with E-state index < -0.39 is 5.82 Å². The van der Waals surface area contributed by atoms with E-state index in [1.54, 1.807) is 6.07 Å². The van der Waals surface area contributed by atoms with Crippen LogP contribution in [0, 0.1) is 9.39 Å². The van der Waals surface area contributed by atoms with Crippen LogP contribution < -0.4 is 0 Å². The standard InChI is InChI=1S/C15H10Cl2FIN2/c16-6-5-15-20-13-7-11(17)12(18)8-14(13)21(15)10-3-1-9(19)2-4-10/h1-4,7-8H,5-6H2. The molecule has 108 valence electrons. The number of nitrogens with zero attached hydrogens (tertiary/aromatic N) is 2. The smallest absolute Gasteiger partial charge is 0.144 e. The lowest BCUT2D eigenvalue weighted by Gasteiger charge is -2.09. The first-order chi connectivity index (χ1) is 10.1. The number of halogens is 4. The molecule has 0 aliphatic carbocycles. The Labute approximate surface area is 145 Å². The lowest BCUT2D eigenvalue weighted by Crippen LogP contribution is -2.02. The predicted molar refractivity (Wildman–Crippen MR) is 93.2 cm³/mol. The van der Waals surface area contributed by atoms with Crippen molar-refractivity contribution in [2.45, 2.75) is 6.42 Å². The van der Waals surface area contributed by atoms with Gasteiger partial charge in [0.2, 0.25) is 0 Å². The van der Waals surface area contributed by atoms with Gasteiger partial charge < -0.3 is 0 Å². The van der Waals surface area contributed by atoms with E-state index in [2.05, 4.69) is 27.6 Å². The molecule has 0 bridgehead atoms. The second-order valence-corrected chi connectivity index (χ2v) is 6.56. The highest BCUT2D eigenvalue weighted by Crippen LogP contribution is 2.27. The van der Waals surface area contributed by atoms with E-state index in [-0.39, 0.29) is 5.02 Å². The van der Waals surface area contributed by atoms with Gasteiger partial charge in [-0.1, -0.05) is 11.6 Å². The molecule has 0 radical (unpaired) electrons. The maximum atomic E-state index is 13.8. The molecule has 6 heteroatoms. The molecule has 0 unspecified atom stereocenters. The quantitative estimate of drug-likeness (QED) is 0.409. The third-order valence-electron chi connectivity index (χ3n) is 3.17. The Balaban J connectivity index is 2.29. The van der Waals surface area contributed by atoms with Gasteiger partial charge in [0, 0.05) is 27.6 Å². The molecule has 2 aromatic carbocycles. The van der Waals surface area contributed by atoms with E-state index in [0.29, 0.717) is 23.3 Å². The van der Waals surface area contributed by atoms with Crippen molar-refractivity contribution in [3.05, 3.63) is 56.6 Å². The highest BCUT2D eigenvalue weighted by molar-refractivity contribution is 14.1. The number of alkyl halides is 1. The zero-order valence-electron chi connectivity index (χ0n) is 10.8. The number of benzene rings is 2. The molecule has 21 heavy (non-hydrogen) atoms. The van der Waals surface area contributed by atoms with Gasteiger partial charge in [-0.05, 0) is 52.9 Å². The Morgan fingerprint density at radius 1 is 1.19 bits per heavy atom. The van der Waals surface area contributed by atoms with Crippen molar-refractivity contribution >= 4 is 56.8 Å². The molecule has 3 rings (SSSR count). The molecule has 0 saturated carbocycles. The SMILES string of the molecule is Fc1cc2c(cc1Cl)nc(CCCl)n2-c1ccc(I)cc1. The molecule has 0 atom stereocenters. The number of aromatic nitrogens is 2. The number of hydrogen-bond acceptors (Lipinski definition) is 1. The van der Waals surface area contributed by atoms with Gasteiger partial charge >= 0.3 is 0 Å². The summed E-state index contributed by atoms with van der Waals surface area (Å²) in [6.07, 6.45) is 0.599. The van der Waals surface area contributed by atoms with Crippen LogP contribution in [0.15, 0.2) is 36.4 Å². The average molecular weight is 435 g/mol. The molecule has 1 aromatic heterocycles. The first-order valence-electron chi connectivity index (χ1n) is 6.28. The van der Waals surface area contributed by atoms with Gasteiger partial charge in [-0.25, -0.2) is 9.37 Å². The van der Waals surface area contributed by atoms with Crippen molar-refractivity contribution in [3.63, 3.8) is 0 Å². The number of imidazole rings is 1. The van der Waals surface area contributed by atoms with Crippen LogP contribution in [0.5, 0.6) is 0 Å². The lowest BCUT2D eigenvalue weighted by atomic mass is 10.2. The summed E-state index contributed by atoms with van der Waals surface area (Å²) in [5.41, 5.74) is 2.29. The van der Waals surface area contributed by atoms with Crippen molar-refractivity contribution < 1.29 is 4.39 Å². The first-order valence-corrected chi connectivity index (χ1v) is 8.27. The van der Waals surface area contributed by atoms with Crippen molar-refractivity contribution in [2.75, 3.05) is 5.88 Å². The van der Waals surface area contributed by atoms with Crippen LogP contribution in [-0.2, 0) is 6.42 Å². The van der Waals surface area contributed by atoms with Gasteiger partial charge in [0.15, 0.2) is 0 Å². The number of rotatable bonds is 3. The molecular formula is C15H10Cl2FIN2. The lowest BCUT2D eigenvalue weighted by molar-refractivity contribution is 0.629. The number of hydrogen-bond donors (Lipinski definition) is 0. The minimum Gasteiger partial charge on any atom is -0.296 e. The monoisotopic (exact) mass is 434 g/mol. The second kappa shape index (κ2) is 6.10. The molecule has 0 saturated heterocycles. The van der Waals surface area contributed by atoms with Gasteiger partial charge in [0.05, 0.1) is 16.1 Å². The summed E-state index contributed by atoms with van der Waals surface area (Å²) < 4.78 is 16.9. The highest BCUT2D eigenvalue weighted by Gasteiger charge is 2.14. The number of aryl methyl sites for hydroxylation is 1. The highest BCUT2D eigenvalue weighted by atomic mass is 127. The van der Waals surface area contributed by atoms with Crippen LogP contribution in [0.25, 0.3) is 16.7 Å². The summed E-state index contributed by atoms with van der Waals surface area (Å²) in [6, 6.07) is 10.9. The Kier molecular flexibility index (Phi) is 4.38. The summed E-state index contributed by atoms with van der Waals surface area (Å²) in [6.45, 7) is 0. The number of fused-ring (bicyclic) bond motifs is 1. The molecular weight excluding hydrogens is 425 g/mol. The maximum Gasteiger partial charge on any atom is 0.144 e. The van der Waals surface area contributed by atoms with Crippen molar-refractivity contribution in [2.24, 2.45) is 0 Å². The van der Waals surface area contributed by atoms with Crippen molar-refractivity contribution in [3.8, 4) is 5.69 Å².